The minimum atomic E-state index is 0.287. The third-order valence-electron chi connectivity index (χ3n) is 13.8. The van der Waals surface area contributed by atoms with Crippen molar-refractivity contribution < 1.29 is 0 Å². The SMILES string of the molecule is C=CC1(C)CCC2(C)CCC3(C)C(=CC(=C)C4C5(C)CCC(C)C(C)(C)C5CCC43C)C2C1. The van der Waals surface area contributed by atoms with Crippen molar-refractivity contribution in [1.29, 1.82) is 0 Å². The maximum absolute atomic E-state index is 4.89. The van der Waals surface area contributed by atoms with Gasteiger partial charge in [-0.25, -0.2) is 0 Å². The van der Waals surface area contributed by atoms with Crippen LogP contribution in [0, 0.1) is 56.2 Å². The van der Waals surface area contributed by atoms with Crippen molar-refractivity contribution in [2.75, 3.05) is 0 Å². The standard InChI is InChI=1S/C33H52/c1-11-29(6)16-17-30(7)18-19-32(9)24(25(30)21-29)20-22(2)27-31(8)14-12-23(3)28(4,5)26(31)13-15-33(27,32)10/h11,20,23,25-27H,1-2,12-19,21H2,3-10H3. The van der Waals surface area contributed by atoms with Gasteiger partial charge >= 0.3 is 0 Å². The van der Waals surface area contributed by atoms with Crippen molar-refractivity contribution in [3.05, 3.63) is 36.5 Å². The van der Waals surface area contributed by atoms with E-state index in [-0.39, 0.29) is 5.41 Å². The lowest BCUT2D eigenvalue weighted by molar-refractivity contribution is -0.175. The summed E-state index contributed by atoms with van der Waals surface area (Å²) in [6.07, 6.45) is 17.2. The van der Waals surface area contributed by atoms with E-state index in [1.54, 1.807) is 5.57 Å². The lowest BCUT2D eigenvalue weighted by Crippen LogP contribution is -2.64. The van der Waals surface area contributed by atoms with Crippen LogP contribution in [0.3, 0.4) is 0 Å². The Labute approximate surface area is 205 Å². The Morgan fingerprint density at radius 1 is 0.879 bits per heavy atom. The molecule has 0 bridgehead atoms. The molecule has 4 saturated carbocycles. The molecule has 0 heteroatoms. The van der Waals surface area contributed by atoms with E-state index in [0.29, 0.717) is 38.9 Å². The second kappa shape index (κ2) is 6.91. The molecule has 0 saturated heterocycles. The fourth-order valence-electron chi connectivity index (χ4n) is 10.8. The van der Waals surface area contributed by atoms with E-state index in [2.05, 4.69) is 74.1 Å². The number of fused-ring (bicyclic) bond motifs is 7. The fraction of sp³-hybridized carbons (Fsp3) is 0.818. The third-order valence-corrected chi connectivity index (χ3v) is 13.8. The molecule has 0 N–H and O–H groups in total. The molecule has 33 heavy (non-hydrogen) atoms. The second-order valence-corrected chi connectivity index (χ2v) is 15.5. The highest BCUT2D eigenvalue weighted by molar-refractivity contribution is 5.43. The molecule has 4 fully saturated rings. The molecule has 5 aliphatic rings. The van der Waals surface area contributed by atoms with Crippen LogP contribution < -0.4 is 0 Å². The zero-order valence-electron chi connectivity index (χ0n) is 23.2. The van der Waals surface area contributed by atoms with Gasteiger partial charge < -0.3 is 0 Å². The van der Waals surface area contributed by atoms with Crippen LogP contribution in [0.2, 0.25) is 0 Å². The first kappa shape index (κ1) is 23.9. The van der Waals surface area contributed by atoms with Gasteiger partial charge in [-0.05, 0) is 114 Å². The molecule has 5 aliphatic carbocycles. The molecule has 0 spiro atoms. The zero-order valence-corrected chi connectivity index (χ0v) is 23.2. The molecule has 0 heterocycles. The van der Waals surface area contributed by atoms with Crippen LogP contribution >= 0.6 is 0 Å². The van der Waals surface area contributed by atoms with Gasteiger partial charge in [0.25, 0.3) is 0 Å². The molecule has 0 radical (unpaired) electrons. The largest absolute Gasteiger partial charge is 0.103 e. The summed E-state index contributed by atoms with van der Waals surface area (Å²) in [4.78, 5) is 0. The molecule has 0 nitrogen and oxygen atoms in total. The van der Waals surface area contributed by atoms with Gasteiger partial charge in [0.15, 0.2) is 0 Å². The molecule has 0 amide bonds. The van der Waals surface area contributed by atoms with E-state index >= 15 is 0 Å². The smallest absolute Gasteiger partial charge is 0.00487 e. The molecule has 0 aromatic carbocycles. The summed E-state index contributed by atoms with van der Waals surface area (Å²) < 4.78 is 0. The van der Waals surface area contributed by atoms with E-state index in [9.17, 15) is 0 Å². The minimum Gasteiger partial charge on any atom is -0.103 e. The van der Waals surface area contributed by atoms with Crippen LogP contribution in [-0.2, 0) is 0 Å². The summed E-state index contributed by atoms with van der Waals surface area (Å²) in [6.45, 7) is 30.0. The number of allylic oxidation sites excluding steroid dienone is 4. The number of hydrogen-bond acceptors (Lipinski definition) is 0. The van der Waals surface area contributed by atoms with Crippen LogP contribution in [0.15, 0.2) is 36.5 Å². The van der Waals surface area contributed by atoms with Gasteiger partial charge in [0.05, 0.1) is 0 Å². The quantitative estimate of drug-likeness (QED) is 0.350. The Kier molecular flexibility index (Phi) is 5.01. The van der Waals surface area contributed by atoms with Crippen molar-refractivity contribution in [3.8, 4) is 0 Å². The Hall–Kier alpha value is -0.780. The first-order chi connectivity index (χ1) is 15.2. The van der Waals surface area contributed by atoms with Gasteiger partial charge in [0.1, 0.15) is 0 Å². The Balaban J connectivity index is 1.63. The highest BCUT2D eigenvalue weighted by Crippen LogP contribution is 2.76. The summed E-state index contributed by atoms with van der Waals surface area (Å²) >= 11 is 0. The summed E-state index contributed by atoms with van der Waals surface area (Å²) in [6, 6.07) is 0. The molecule has 0 aromatic rings. The number of hydrogen-bond donors (Lipinski definition) is 0. The van der Waals surface area contributed by atoms with Crippen LogP contribution in [-0.4, -0.2) is 0 Å². The topological polar surface area (TPSA) is 0 Å². The van der Waals surface area contributed by atoms with Gasteiger partial charge in [-0.3, -0.25) is 0 Å². The van der Waals surface area contributed by atoms with Crippen molar-refractivity contribution >= 4 is 0 Å². The van der Waals surface area contributed by atoms with Crippen LogP contribution in [0.1, 0.15) is 113 Å². The highest BCUT2D eigenvalue weighted by Gasteiger charge is 2.68. The van der Waals surface area contributed by atoms with Crippen LogP contribution in [0.25, 0.3) is 0 Å². The summed E-state index contributed by atoms with van der Waals surface area (Å²) in [5.74, 6) is 2.96. The molecule has 184 valence electrons. The Morgan fingerprint density at radius 2 is 1.55 bits per heavy atom. The zero-order chi connectivity index (χ0) is 24.2. The van der Waals surface area contributed by atoms with Gasteiger partial charge in [-0.15, -0.1) is 6.58 Å². The first-order valence-electron chi connectivity index (χ1n) is 14.2. The molecule has 0 aliphatic heterocycles. The molecule has 5 rings (SSSR count). The summed E-state index contributed by atoms with van der Waals surface area (Å²) in [7, 11) is 0. The Bertz CT molecular complexity index is 903. The van der Waals surface area contributed by atoms with Crippen LogP contribution in [0.4, 0.5) is 0 Å². The van der Waals surface area contributed by atoms with Gasteiger partial charge in [0.2, 0.25) is 0 Å². The van der Waals surface area contributed by atoms with Crippen molar-refractivity contribution in [2.24, 2.45) is 56.2 Å². The Morgan fingerprint density at radius 3 is 2.21 bits per heavy atom. The first-order valence-corrected chi connectivity index (χ1v) is 14.2. The normalized spacial score (nSPS) is 55.4. The van der Waals surface area contributed by atoms with E-state index < -0.39 is 0 Å². The van der Waals surface area contributed by atoms with E-state index in [0.717, 1.165) is 11.8 Å². The van der Waals surface area contributed by atoms with Gasteiger partial charge in [-0.1, -0.05) is 85.3 Å². The predicted molar refractivity (Wildman–Crippen MR) is 143 cm³/mol. The lowest BCUT2D eigenvalue weighted by atomic mass is 9.33. The predicted octanol–water partition coefficient (Wildman–Crippen LogP) is 9.78. The average molecular weight is 449 g/mol. The van der Waals surface area contributed by atoms with Crippen molar-refractivity contribution in [2.45, 2.75) is 113 Å². The molecule has 0 aromatic heterocycles. The monoisotopic (exact) mass is 448 g/mol. The second-order valence-electron chi connectivity index (χ2n) is 15.5. The minimum absolute atomic E-state index is 0.287. The summed E-state index contributed by atoms with van der Waals surface area (Å²) in [5.41, 5.74) is 5.48. The van der Waals surface area contributed by atoms with E-state index in [1.807, 2.05) is 0 Å². The third kappa shape index (κ3) is 2.88. The van der Waals surface area contributed by atoms with Crippen LogP contribution in [0.5, 0.6) is 0 Å². The van der Waals surface area contributed by atoms with E-state index in [1.165, 1.54) is 63.4 Å². The van der Waals surface area contributed by atoms with Crippen molar-refractivity contribution in [1.82, 2.24) is 0 Å². The fourth-order valence-corrected chi connectivity index (χ4v) is 10.8. The van der Waals surface area contributed by atoms with Gasteiger partial charge in [0, 0.05) is 0 Å². The molecular formula is C33H52. The highest BCUT2D eigenvalue weighted by atomic mass is 14.7. The van der Waals surface area contributed by atoms with E-state index in [4.69, 9.17) is 6.58 Å². The summed E-state index contributed by atoms with van der Waals surface area (Å²) in [5, 5.41) is 0. The maximum Gasteiger partial charge on any atom is -0.00487 e. The average Bonchev–Trinajstić information content (AvgIpc) is 2.74. The van der Waals surface area contributed by atoms with Gasteiger partial charge in [-0.2, -0.15) is 0 Å². The maximum atomic E-state index is 4.89. The molecule has 9 atom stereocenters. The molecular weight excluding hydrogens is 396 g/mol. The molecule has 9 unspecified atom stereocenters. The van der Waals surface area contributed by atoms with Crippen molar-refractivity contribution in [3.63, 3.8) is 0 Å². The lowest BCUT2D eigenvalue weighted by Gasteiger charge is -2.71. The number of rotatable bonds is 1.